The molecular weight excluding hydrogens is 382 g/mol. The first kappa shape index (κ1) is 16.5. The molecule has 0 aromatic heterocycles. The maximum atomic E-state index is 12.0. The van der Waals surface area contributed by atoms with Crippen LogP contribution in [0.3, 0.4) is 0 Å². The minimum atomic E-state index is -2.79. The van der Waals surface area contributed by atoms with Crippen LogP contribution in [0.4, 0.5) is 0 Å². The molecule has 3 heterocycles. The summed E-state index contributed by atoms with van der Waals surface area (Å²) in [6.07, 6.45) is -3.60. The van der Waals surface area contributed by atoms with Crippen molar-refractivity contribution >= 4 is 27.3 Å². The van der Waals surface area contributed by atoms with Crippen LogP contribution in [0.15, 0.2) is 11.5 Å². The van der Waals surface area contributed by atoms with Crippen molar-refractivity contribution in [2.24, 2.45) is 0 Å². The molecule has 0 amide bonds. The number of esters is 1. The van der Waals surface area contributed by atoms with Gasteiger partial charge in [-0.05, 0) is 0 Å². The third-order valence-electron chi connectivity index (χ3n) is 3.28. The van der Waals surface area contributed by atoms with Crippen LogP contribution in [0, 0.1) is 0 Å². The first-order valence-electron chi connectivity index (χ1n) is 6.84. The van der Waals surface area contributed by atoms with Crippen molar-refractivity contribution in [2.75, 3.05) is 19.8 Å². The van der Waals surface area contributed by atoms with Gasteiger partial charge in [-0.25, -0.2) is 0 Å². The Morgan fingerprint density at radius 1 is 1.36 bits per heavy atom. The molecule has 3 aliphatic rings. The summed E-state index contributed by atoms with van der Waals surface area (Å²) in [5.74, 6) is -2.19. The minimum absolute atomic E-state index is 0.202. The van der Waals surface area contributed by atoms with Crippen molar-refractivity contribution < 1.29 is 37.7 Å². The average molecular weight is 399 g/mol. The van der Waals surface area contributed by atoms with Crippen molar-refractivity contribution in [3.8, 4) is 0 Å². The summed E-state index contributed by atoms with van der Waals surface area (Å²) in [5.41, 5.74) is 0. The molecule has 0 aromatic rings. The van der Waals surface area contributed by atoms with E-state index >= 15 is 0 Å². The summed E-state index contributed by atoms with van der Waals surface area (Å²) in [4.78, 5) is 12.0. The third-order valence-corrected chi connectivity index (χ3v) is 6.48. The van der Waals surface area contributed by atoms with Gasteiger partial charge >= 0.3 is 135 Å². The van der Waals surface area contributed by atoms with Crippen LogP contribution in [0.2, 0.25) is 0 Å². The zero-order chi connectivity index (χ0) is 16.0. The summed E-state index contributed by atoms with van der Waals surface area (Å²) in [7, 11) is 0. The van der Waals surface area contributed by atoms with Crippen LogP contribution in [0.1, 0.15) is 20.3 Å². The predicted molar refractivity (Wildman–Crippen MR) is 74.7 cm³/mol. The van der Waals surface area contributed by atoms with Gasteiger partial charge in [0.1, 0.15) is 0 Å². The molecule has 8 nitrogen and oxygen atoms in total. The van der Waals surface area contributed by atoms with Gasteiger partial charge in [-0.3, -0.25) is 0 Å². The van der Waals surface area contributed by atoms with Crippen LogP contribution < -0.4 is 0 Å². The summed E-state index contributed by atoms with van der Waals surface area (Å²) in [6.45, 7) is 4.61. The zero-order valence-electron chi connectivity index (χ0n) is 12.1. The standard InChI is InChI=1S/C12H17O8PSe/c1-12(2)15-6-7(19-12)9-8(13)10(11(14)18-9)20-21(22)16-4-3-5-17-21/h7,9,13H,3-6H2,1-2H3/t7-,9+/m0/s1. The van der Waals surface area contributed by atoms with Crippen molar-refractivity contribution in [2.45, 2.75) is 38.3 Å². The normalized spacial score (nSPS) is 33.8. The summed E-state index contributed by atoms with van der Waals surface area (Å²) in [5, 5.41) is 10.3. The first-order valence-corrected chi connectivity index (χ1v) is 10.6. The van der Waals surface area contributed by atoms with Crippen molar-refractivity contribution in [3.63, 3.8) is 0 Å². The van der Waals surface area contributed by atoms with Gasteiger partial charge in [0.25, 0.3) is 0 Å². The van der Waals surface area contributed by atoms with Crippen LogP contribution in [-0.4, -0.2) is 64.0 Å². The molecule has 0 radical (unpaired) electrons. The fourth-order valence-corrected chi connectivity index (χ4v) is 4.96. The number of hydrogen-bond acceptors (Lipinski definition) is 8. The van der Waals surface area contributed by atoms with Crippen molar-refractivity contribution in [3.05, 3.63) is 11.5 Å². The molecule has 0 bridgehead atoms. The molecule has 3 aliphatic heterocycles. The van der Waals surface area contributed by atoms with E-state index in [-0.39, 0.29) is 18.1 Å². The Hall–Kier alpha value is -0.401. The van der Waals surface area contributed by atoms with E-state index in [2.05, 4.69) is 15.1 Å². The fraction of sp³-hybridized carbons (Fsp3) is 0.750. The van der Waals surface area contributed by atoms with Crippen LogP contribution in [-0.2, 0) is 32.6 Å². The number of aliphatic hydroxyl groups excluding tert-OH is 1. The zero-order valence-corrected chi connectivity index (χ0v) is 14.8. The fourth-order valence-electron chi connectivity index (χ4n) is 2.27. The molecule has 22 heavy (non-hydrogen) atoms. The number of hydrogen-bond donors (Lipinski definition) is 1. The molecule has 0 aliphatic carbocycles. The van der Waals surface area contributed by atoms with Gasteiger partial charge in [-0.2, -0.15) is 0 Å². The van der Waals surface area contributed by atoms with E-state index in [0.717, 1.165) is 6.42 Å². The molecule has 3 rings (SSSR count). The van der Waals surface area contributed by atoms with Gasteiger partial charge in [0.2, 0.25) is 0 Å². The van der Waals surface area contributed by atoms with E-state index < -0.39 is 30.2 Å². The molecule has 0 spiro atoms. The van der Waals surface area contributed by atoms with Gasteiger partial charge in [0, 0.05) is 0 Å². The number of ether oxygens (including phenoxy) is 3. The van der Waals surface area contributed by atoms with Gasteiger partial charge in [0.05, 0.1) is 0 Å². The number of carbonyl (C=O) groups is 1. The maximum absolute atomic E-state index is 12.0. The summed E-state index contributed by atoms with van der Waals surface area (Å²) < 4.78 is 32.5. The molecule has 0 saturated carbocycles. The van der Waals surface area contributed by atoms with Crippen LogP contribution in [0.25, 0.3) is 0 Å². The van der Waals surface area contributed by atoms with Gasteiger partial charge in [-0.1, -0.05) is 0 Å². The quantitative estimate of drug-likeness (QED) is 0.429. The van der Waals surface area contributed by atoms with E-state index in [0.29, 0.717) is 13.2 Å². The van der Waals surface area contributed by atoms with E-state index in [9.17, 15) is 9.90 Å². The van der Waals surface area contributed by atoms with E-state index in [4.69, 9.17) is 27.8 Å². The third kappa shape index (κ3) is 3.26. The van der Waals surface area contributed by atoms with Crippen molar-refractivity contribution in [1.29, 1.82) is 0 Å². The Labute approximate surface area is 135 Å². The second kappa shape index (κ2) is 5.91. The van der Waals surface area contributed by atoms with Crippen LogP contribution in [0.5, 0.6) is 0 Å². The van der Waals surface area contributed by atoms with E-state index in [1.165, 1.54) is 0 Å². The number of cyclic esters (lactones) is 1. The van der Waals surface area contributed by atoms with Gasteiger partial charge in [0.15, 0.2) is 0 Å². The summed E-state index contributed by atoms with van der Waals surface area (Å²) >= 11 is 2.69. The molecule has 2 fully saturated rings. The van der Waals surface area contributed by atoms with Gasteiger partial charge < -0.3 is 0 Å². The Bertz CT molecular complexity index is 549. The molecule has 0 aromatic carbocycles. The van der Waals surface area contributed by atoms with Crippen molar-refractivity contribution in [1.82, 2.24) is 0 Å². The number of rotatable bonds is 3. The molecule has 10 heteroatoms. The van der Waals surface area contributed by atoms with Gasteiger partial charge in [-0.15, -0.1) is 0 Å². The van der Waals surface area contributed by atoms with Crippen LogP contribution >= 0.6 is 6.19 Å². The Kier molecular flexibility index (Phi) is 4.42. The predicted octanol–water partition coefficient (Wildman–Crippen LogP) is 1.13. The topological polar surface area (TPSA) is 92.7 Å². The molecule has 2 atom stereocenters. The summed E-state index contributed by atoms with van der Waals surface area (Å²) in [6, 6.07) is 0. The first-order chi connectivity index (χ1) is 10.3. The average Bonchev–Trinajstić information content (AvgIpc) is 2.93. The molecular formula is C12H17O8PSe. The molecule has 2 saturated heterocycles. The Balaban J connectivity index is 1.75. The second-order valence-electron chi connectivity index (χ2n) is 5.47. The molecule has 1 N–H and O–H groups in total. The number of carbonyl (C=O) groups excluding carboxylic acids is 1. The number of aliphatic hydroxyl groups is 1. The molecule has 0 unspecified atom stereocenters. The molecule has 124 valence electrons. The monoisotopic (exact) mass is 400 g/mol. The van der Waals surface area contributed by atoms with E-state index in [1.54, 1.807) is 13.8 Å². The van der Waals surface area contributed by atoms with E-state index in [1.807, 2.05) is 0 Å². The Morgan fingerprint density at radius 3 is 2.64 bits per heavy atom. The SMILES string of the molecule is CC1(C)OC[C@@H]([C@H]2OC(=O)C(OP3(=[Se])OCCCO3)=C2O)O1. The second-order valence-corrected chi connectivity index (χ2v) is 9.87. The Morgan fingerprint density at radius 2 is 2.05 bits per heavy atom.